The number of benzene rings is 1. The number of aliphatic carboxylic acids is 1. The van der Waals surface area contributed by atoms with E-state index in [1.165, 1.54) is 0 Å². The number of carboxylic acid groups (broad SMARTS) is 1. The molecule has 0 bridgehead atoms. The van der Waals surface area contributed by atoms with Crippen molar-refractivity contribution in [3.05, 3.63) is 28.8 Å². The predicted molar refractivity (Wildman–Crippen MR) is 73.6 cm³/mol. The minimum Gasteiger partial charge on any atom is -0.495 e. The van der Waals surface area contributed by atoms with Crippen molar-refractivity contribution in [1.29, 1.82) is 0 Å². The molecular weight excluding hydrogens is 266 g/mol. The Bertz CT molecular complexity index is 478. The lowest BCUT2D eigenvalue weighted by molar-refractivity contribution is -0.142. The highest BCUT2D eigenvalue weighted by atomic mass is 35.5. The van der Waals surface area contributed by atoms with Crippen molar-refractivity contribution in [2.45, 2.75) is 13.5 Å². The summed E-state index contributed by atoms with van der Waals surface area (Å²) in [6.07, 6.45) is 0. The largest absolute Gasteiger partial charge is 0.495 e. The SMILES string of the molecule is COc1ccc(CN2CC(C)C(C(=O)O)C2)cc1Cl. The zero-order chi connectivity index (χ0) is 14.0. The van der Waals surface area contributed by atoms with Gasteiger partial charge in [-0.2, -0.15) is 0 Å². The number of ether oxygens (including phenoxy) is 1. The van der Waals surface area contributed by atoms with Crippen LogP contribution < -0.4 is 4.74 Å². The number of likely N-dealkylation sites (tertiary alicyclic amines) is 1. The minimum atomic E-state index is -0.706. The van der Waals surface area contributed by atoms with E-state index in [0.717, 1.165) is 18.7 Å². The van der Waals surface area contributed by atoms with Crippen molar-refractivity contribution < 1.29 is 14.6 Å². The van der Waals surface area contributed by atoms with Gasteiger partial charge in [-0.25, -0.2) is 0 Å². The van der Waals surface area contributed by atoms with Crippen molar-refractivity contribution in [3.63, 3.8) is 0 Å². The molecule has 1 fully saturated rings. The maximum Gasteiger partial charge on any atom is 0.308 e. The third-order valence-corrected chi connectivity index (χ3v) is 3.92. The van der Waals surface area contributed by atoms with Crippen LogP contribution in [0, 0.1) is 11.8 Å². The average molecular weight is 284 g/mol. The van der Waals surface area contributed by atoms with Gasteiger partial charge in [0.05, 0.1) is 18.1 Å². The fraction of sp³-hybridized carbons (Fsp3) is 0.500. The third-order valence-electron chi connectivity index (χ3n) is 3.63. The summed E-state index contributed by atoms with van der Waals surface area (Å²) in [5.74, 6) is -0.133. The number of rotatable bonds is 4. The first-order valence-electron chi connectivity index (χ1n) is 6.29. The first kappa shape index (κ1) is 14.2. The van der Waals surface area contributed by atoms with E-state index in [4.69, 9.17) is 21.4 Å². The van der Waals surface area contributed by atoms with Crippen LogP contribution in [0.5, 0.6) is 5.75 Å². The van der Waals surface area contributed by atoms with Crippen LogP contribution in [-0.2, 0) is 11.3 Å². The Labute approximate surface area is 117 Å². The Morgan fingerprint density at radius 3 is 2.79 bits per heavy atom. The van der Waals surface area contributed by atoms with Gasteiger partial charge in [-0.05, 0) is 23.6 Å². The van der Waals surface area contributed by atoms with Crippen LogP contribution in [0.1, 0.15) is 12.5 Å². The van der Waals surface area contributed by atoms with Gasteiger partial charge in [0.1, 0.15) is 5.75 Å². The molecule has 2 rings (SSSR count). The number of hydrogen-bond acceptors (Lipinski definition) is 3. The van der Waals surface area contributed by atoms with Crippen LogP contribution >= 0.6 is 11.6 Å². The van der Waals surface area contributed by atoms with Gasteiger partial charge in [0.25, 0.3) is 0 Å². The average Bonchev–Trinajstić information content (AvgIpc) is 2.70. The molecule has 0 spiro atoms. The van der Waals surface area contributed by atoms with Crippen molar-refractivity contribution >= 4 is 17.6 Å². The van der Waals surface area contributed by atoms with Crippen LogP contribution in [0.3, 0.4) is 0 Å². The van der Waals surface area contributed by atoms with Crippen molar-refractivity contribution in [1.82, 2.24) is 4.90 Å². The molecule has 1 aliphatic rings. The molecule has 1 heterocycles. The van der Waals surface area contributed by atoms with E-state index in [-0.39, 0.29) is 11.8 Å². The maximum absolute atomic E-state index is 11.1. The summed E-state index contributed by atoms with van der Waals surface area (Å²) >= 11 is 6.09. The van der Waals surface area contributed by atoms with E-state index >= 15 is 0 Å². The summed E-state index contributed by atoms with van der Waals surface area (Å²) in [5.41, 5.74) is 1.07. The Balaban J connectivity index is 2.03. The highest BCUT2D eigenvalue weighted by molar-refractivity contribution is 6.32. The molecule has 104 valence electrons. The number of carbonyl (C=O) groups is 1. The molecule has 1 aromatic rings. The Morgan fingerprint density at radius 2 is 2.26 bits per heavy atom. The van der Waals surface area contributed by atoms with Gasteiger partial charge in [-0.15, -0.1) is 0 Å². The van der Waals surface area contributed by atoms with E-state index in [1.807, 2.05) is 25.1 Å². The van der Waals surface area contributed by atoms with Crippen LogP contribution in [-0.4, -0.2) is 36.2 Å². The molecule has 1 saturated heterocycles. The number of hydrogen-bond donors (Lipinski definition) is 1. The number of nitrogens with zero attached hydrogens (tertiary/aromatic N) is 1. The highest BCUT2D eigenvalue weighted by Crippen LogP contribution is 2.28. The van der Waals surface area contributed by atoms with Crippen molar-refractivity contribution in [2.75, 3.05) is 20.2 Å². The standard InChI is InChI=1S/C14H18ClNO3/c1-9-6-16(8-11(9)14(17)18)7-10-3-4-13(19-2)12(15)5-10/h3-5,9,11H,6-8H2,1-2H3,(H,17,18). The molecule has 1 N–H and O–H groups in total. The smallest absolute Gasteiger partial charge is 0.308 e. The lowest BCUT2D eigenvalue weighted by Gasteiger charge is -2.16. The molecule has 2 unspecified atom stereocenters. The zero-order valence-corrected chi connectivity index (χ0v) is 11.9. The van der Waals surface area contributed by atoms with Gasteiger partial charge < -0.3 is 9.84 Å². The van der Waals surface area contributed by atoms with Crippen LogP contribution in [0.2, 0.25) is 5.02 Å². The first-order valence-corrected chi connectivity index (χ1v) is 6.66. The number of carboxylic acids is 1. The molecule has 2 atom stereocenters. The summed E-state index contributed by atoms with van der Waals surface area (Å²) in [6.45, 7) is 4.11. The Morgan fingerprint density at radius 1 is 1.53 bits per heavy atom. The summed E-state index contributed by atoms with van der Waals surface area (Å²) in [4.78, 5) is 13.2. The molecule has 0 radical (unpaired) electrons. The molecule has 0 aliphatic carbocycles. The summed E-state index contributed by atoms with van der Waals surface area (Å²) in [5, 5.41) is 9.70. The topological polar surface area (TPSA) is 49.8 Å². The van der Waals surface area contributed by atoms with Crippen LogP contribution in [0.4, 0.5) is 0 Å². The molecule has 1 aromatic carbocycles. The minimum absolute atomic E-state index is 0.186. The van der Waals surface area contributed by atoms with E-state index in [9.17, 15) is 4.79 Å². The fourth-order valence-electron chi connectivity index (χ4n) is 2.58. The quantitative estimate of drug-likeness (QED) is 0.922. The molecular formula is C14H18ClNO3. The van der Waals surface area contributed by atoms with E-state index in [2.05, 4.69) is 4.90 Å². The van der Waals surface area contributed by atoms with Crippen LogP contribution in [0.25, 0.3) is 0 Å². The fourth-order valence-corrected chi connectivity index (χ4v) is 2.86. The lowest BCUT2D eigenvalue weighted by atomic mass is 9.99. The highest BCUT2D eigenvalue weighted by Gasteiger charge is 2.34. The molecule has 0 aromatic heterocycles. The second kappa shape index (κ2) is 5.80. The lowest BCUT2D eigenvalue weighted by Crippen LogP contribution is -2.23. The number of halogens is 1. The van der Waals surface area contributed by atoms with E-state index < -0.39 is 5.97 Å². The molecule has 0 amide bonds. The summed E-state index contributed by atoms with van der Waals surface area (Å²) in [7, 11) is 1.58. The van der Waals surface area contributed by atoms with Gasteiger partial charge >= 0.3 is 5.97 Å². The second-order valence-corrected chi connectivity index (χ2v) is 5.49. The second-order valence-electron chi connectivity index (χ2n) is 5.08. The zero-order valence-electron chi connectivity index (χ0n) is 11.1. The van der Waals surface area contributed by atoms with Gasteiger partial charge in [-0.1, -0.05) is 24.6 Å². The summed E-state index contributed by atoms with van der Waals surface area (Å²) in [6, 6.07) is 5.68. The van der Waals surface area contributed by atoms with Crippen molar-refractivity contribution in [2.24, 2.45) is 11.8 Å². The first-order chi connectivity index (χ1) is 9.01. The van der Waals surface area contributed by atoms with Gasteiger partial charge in [0.15, 0.2) is 0 Å². The molecule has 19 heavy (non-hydrogen) atoms. The predicted octanol–water partition coefficient (Wildman–Crippen LogP) is 2.50. The molecule has 0 saturated carbocycles. The molecule has 5 heteroatoms. The molecule has 4 nitrogen and oxygen atoms in total. The van der Waals surface area contributed by atoms with Gasteiger partial charge in [0.2, 0.25) is 0 Å². The van der Waals surface area contributed by atoms with Crippen molar-refractivity contribution in [3.8, 4) is 5.75 Å². The van der Waals surface area contributed by atoms with Gasteiger partial charge in [-0.3, -0.25) is 9.69 Å². The van der Waals surface area contributed by atoms with Crippen LogP contribution in [0.15, 0.2) is 18.2 Å². The normalized spacial score (nSPS) is 23.5. The third kappa shape index (κ3) is 3.19. The monoisotopic (exact) mass is 283 g/mol. The number of methoxy groups -OCH3 is 1. The Kier molecular flexibility index (Phi) is 4.32. The summed E-state index contributed by atoms with van der Waals surface area (Å²) < 4.78 is 5.11. The van der Waals surface area contributed by atoms with Gasteiger partial charge in [0, 0.05) is 19.6 Å². The maximum atomic E-state index is 11.1. The van der Waals surface area contributed by atoms with E-state index in [1.54, 1.807) is 7.11 Å². The molecule has 1 aliphatic heterocycles. The Hall–Kier alpha value is -1.26. The van der Waals surface area contributed by atoms with E-state index in [0.29, 0.717) is 17.3 Å².